The van der Waals surface area contributed by atoms with Crippen LogP contribution in [0.2, 0.25) is 0 Å². The lowest BCUT2D eigenvalue weighted by molar-refractivity contribution is 0.104. The van der Waals surface area contributed by atoms with Crippen LogP contribution in [0.3, 0.4) is 0 Å². The summed E-state index contributed by atoms with van der Waals surface area (Å²) in [6.45, 7) is 6.45. The van der Waals surface area contributed by atoms with Gasteiger partial charge in [0.15, 0.2) is 0 Å². The van der Waals surface area contributed by atoms with E-state index in [0.29, 0.717) is 5.92 Å². The molecule has 0 saturated carbocycles. The van der Waals surface area contributed by atoms with Crippen LogP contribution < -0.4 is 0 Å². The topological polar surface area (TPSA) is 35.2 Å². The molecule has 0 saturated heterocycles. The van der Waals surface area contributed by atoms with E-state index in [9.17, 15) is 0 Å². The maximum atomic E-state index is 5.73. The molecule has 1 aromatic carbocycles. The molecule has 1 unspecified atom stereocenters. The van der Waals surface area contributed by atoms with Gasteiger partial charge in [0.25, 0.3) is 0 Å². The van der Waals surface area contributed by atoms with Crippen molar-refractivity contribution in [1.29, 1.82) is 0 Å². The van der Waals surface area contributed by atoms with E-state index in [1.54, 1.807) is 0 Å². The van der Waals surface area contributed by atoms with Crippen molar-refractivity contribution >= 4 is 10.9 Å². The van der Waals surface area contributed by atoms with Gasteiger partial charge in [-0.15, -0.1) is 0 Å². The molecule has 1 aliphatic rings. The Bertz CT molecular complexity index is 879. The van der Waals surface area contributed by atoms with Crippen molar-refractivity contribution in [2.75, 3.05) is 19.8 Å². The van der Waals surface area contributed by atoms with Crippen molar-refractivity contribution in [2.24, 2.45) is 14.1 Å². The summed E-state index contributed by atoms with van der Waals surface area (Å²) in [6.07, 6.45) is 4.42. The van der Waals surface area contributed by atoms with Crippen LogP contribution in [0.4, 0.5) is 0 Å². The molecule has 25 heavy (non-hydrogen) atoms. The van der Waals surface area contributed by atoms with Gasteiger partial charge in [-0.05, 0) is 18.6 Å². The zero-order chi connectivity index (χ0) is 17.4. The van der Waals surface area contributed by atoms with Crippen LogP contribution in [0.1, 0.15) is 29.7 Å². The van der Waals surface area contributed by atoms with Crippen LogP contribution in [0.5, 0.6) is 0 Å². The zero-order valence-electron chi connectivity index (χ0n) is 15.3. The summed E-state index contributed by atoms with van der Waals surface area (Å²) >= 11 is 0. The van der Waals surface area contributed by atoms with Crippen molar-refractivity contribution in [3.05, 3.63) is 53.5 Å². The Labute approximate surface area is 148 Å². The maximum absolute atomic E-state index is 5.73. The average Bonchev–Trinajstić information content (AvgIpc) is 3.13. The molecule has 1 atom stereocenters. The monoisotopic (exact) mass is 338 g/mol. The van der Waals surface area contributed by atoms with Crippen molar-refractivity contribution in [3.63, 3.8) is 0 Å². The molecular formula is C20H26N4O. The van der Waals surface area contributed by atoms with E-state index in [1.807, 2.05) is 11.7 Å². The molecular weight excluding hydrogens is 312 g/mol. The lowest BCUT2D eigenvalue weighted by Gasteiger charge is -2.31. The molecule has 3 aromatic rings. The third-order valence-corrected chi connectivity index (χ3v) is 5.09. The molecule has 132 valence electrons. The second-order valence-corrected chi connectivity index (χ2v) is 7.02. The minimum absolute atomic E-state index is 0.347. The molecule has 2 aromatic heterocycles. The Morgan fingerprint density at radius 3 is 2.88 bits per heavy atom. The first-order valence-corrected chi connectivity index (χ1v) is 9.01. The highest BCUT2D eigenvalue weighted by atomic mass is 16.5. The van der Waals surface area contributed by atoms with Gasteiger partial charge in [0.05, 0.1) is 12.3 Å². The molecule has 0 spiro atoms. The molecule has 5 heteroatoms. The van der Waals surface area contributed by atoms with E-state index in [1.165, 1.54) is 27.7 Å². The largest absolute Gasteiger partial charge is 0.381 e. The summed E-state index contributed by atoms with van der Waals surface area (Å²) in [5, 5.41) is 6.04. The van der Waals surface area contributed by atoms with Crippen LogP contribution in [0.15, 0.2) is 36.7 Å². The number of aryl methyl sites for hydroxylation is 2. The van der Waals surface area contributed by atoms with Gasteiger partial charge in [0, 0.05) is 75.1 Å². The smallest absolute Gasteiger partial charge is 0.0736 e. The number of rotatable bonds is 5. The molecule has 0 bridgehead atoms. The number of hydrogen-bond donors (Lipinski definition) is 0. The zero-order valence-corrected chi connectivity index (χ0v) is 15.3. The fourth-order valence-corrected chi connectivity index (χ4v) is 4.03. The molecule has 5 nitrogen and oxygen atoms in total. The fraction of sp³-hybridized carbons (Fsp3) is 0.450. The molecule has 4 rings (SSSR count). The van der Waals surface area contributed by atoms with E-state index in [-0.39, 0.29) is 0 Å². The third kappa shape index (κ3) is 3.10. The van der Waals surface area contributed by atoms with Gasteiger partial charge in [-0.2, -0.15) is 5.10 Å². The van der Waals surface area contributed by atoms with Gasteiger partial charge in [0.2, 0.25) is 0 Å². The van der Waals surface area contributed by atoms with Gasteiger partial charge in [-0.3, -0.25) is 9.58 Å². The predicted molar refractivity (Wildman–Crippen MR) is 99.5 cm³/mol. The highest BCUT2D eigenvalue weighted by Gasteiger charge is 2.28. The average molecular weight is 338 g/mol. The second kappa shape index (κ2) is 6.65. The first-order valence-electron chi connectivity index (χ1n) is 9.01. The van der Waals surface area contributed by atoms with Gasteiger partial charge < -0.3 is 9.30 Å². The summed E-state index contributed by atoms with van der Waals surface area (Å²) < 4.78 is 9.89. The summed E-state index contributed by atoms with van der Waals surface area (Å²) in [5.74, 6) is 0.347. The highest BCUT2D eigenvalue weighted by Crippen LogP contribution is 2.30. The molecule has 0 amide bonds. The number of nitrogens with zero attached hydrogens (tertiary/aromatic N) is 4. The molecule has 1 aliphatic heterocycles. The van der Waals surface area contributed by atoms with Gasteiger partial charge in [-0.1, -0.05) is 18.2 Å². The Kier molecular flexibility index (Phi) is 4.36. The Morgan fingerprint density at radius 2 is 2.04 bits per heavy atom. The van der Waals surface area contributed by atoms with E-state index in [4.69, 9.17) is 4.74 Å². The van der Waals surface area contributed by atoms with Crippen LogP contribution in [-0.2, 0) is 31.9 Å². The number of fused-ring (bicyclic) bond motifs is 2. The van der Waals surface area contributed by atoms with Crippen molar-refractivity contribution in [2.45, 2.75) is 25.9 Å². The van der Waals surface area contributed by atoms with E-state index in [0.717, 1.165) is 32.8 Å². The minimum Gasteiger partial charge on any atom is -0.381 e. The SMILES string of the molecule is CCOCC1CN(Cc2cn(C)c3ccccc23)Cc2cn(C)nc21. The van der Waals surface area contributed by atoms with Crippen molar-refractivity contribution in [3.8, 4) is 0 Å². The Hall–Kier alpha value is -2.11. The Balaban J connectivity index is 1.60. The van der Waals surface area contributed by atoms with Gasteiger partial charge >= 0.3 is 0 Å². The number of ether oxygens (including phenoxy) is 1. The fourth-order valence-electron chi connectivity index (χ4n) is 4.03. The lowest BCUT2D eigenvalue weighted by Crippen LogP contribution is -2.34. The highest BCUT2D eigenvalue weighted by molar-refractivity contribution is 5.83. The van der Waals surface area contributed by atoms with E-state index in [2.05, 4.69) is 65.2 Å². The first kappa shape index (κ1) is 16.4. The van der Waals surface area contributed by atoms with Gasteiger partial charge in [0.1, 0.15) is 0 Å². The Morgan fingerprint density at radius 1 is 1.20 bits per heavy atom. The van der Waals surface area contributed by atoms with E-state index >= 15 is 0 Å². The number of aromatic nitrogens is 3. The van der Waals surface area contributed by atoms with Crippen LogP contribution >= 0.6 is 0 Å². The van der Waals surface area contributed by atoms with Crippen LogP contribution in [-0.4, -0.2) is 39.0 Å². The number of hydrogen-bond acceptors (Lipinski definition) is 3. The van der Waals surface area contributed by atoms with Crippen molar-refractivity contribution in [1.82, 2.24) is 19.2 Å². The van der Waals surface area contributed by atoms with E-state index < -0.39 is 0 Å². The standard InChI is InChI=1S/C20H26N4O/c1-4-25-14-17-13-24(12-16-10-23(3)21-20(16)17)11-15-9-22(2)19-8-6-5-7-18(15)19/h5-10,17H,4,11-14H2,1-3H3. The first-order chi connectivity index (χ1) is 12.2. The minimum atomic E-state index is 0.347. The molecule has 0 aliphatic carbocycles. The number of benzene rings is 1. The molecule has 0 radical (unpaired) electrons. The summed E-state index contributed by atoms with van der Waals surface area (Å²) in [6, 6.07) is 8.64. The van der Waals surface area contributed by atoms with Gasteiger partial charge in [-0.25, -0.2) is 0 Å². The predicted octanol–water partition coefficient (Wildman–Crippen LogP) is 3.05. The third-order valence-electron chi connectivity index (χ3n) is 5.09. The normalized spacial score (nSPS) is 18.0. The molecule has 0 fully saturated rings. The summed E-state index contributed by atoms with van der Waals surface area (Å²) in [4.78, 5) is 2.52. The summed E-state index contributed by atoms with van der Waals surface area (Å²) in [5.41, 5.74) is 5.23. The molecule has 3 heterocycles. The molecule has 0 N–H and O–H groups in total. The summed E-state index contributed by atoms with van der Waals surface area (Å²) in [7, 11) is 4.13. The number of para-hydroxylation sites is 1. The lowest BCUT2D eigenvalue weighted by atomic mass is 9.97. The second-order valence-electron chi connectivity index (χ2n) is 7.02. The quantitative estimate of drug-likeness (QED) is 0.717. The van der Waals surface area contributed by atoms with Crippen LogP contribution in [0, 0.1) is 0 Å². The van der Waals surface area contributed by atoms with Crippen LogP contribution in [0.25, 0.3) is 10.9 Å². The van der Waals surface area contributed by atoms with Crippen molar-refractivity contribution < 1.29 is 4.74 Å². The maximum Gasteiger partial charge on any atom is 0.0736 e.